The van der Waals surface area contributed by atoms with Crippen LogP contribution in [0.2, 0.25) is 5.02 Å². The van der Waals surface area contributed by atoms with Gasteiger partial charge in [-0.3, -0.25) is 4.72 Å². The lowest BCUT2D eigenvalue weighted by atomic mass is 10.2. The molecule has 0 unspecified atom stereocenters. The van der Waals surface area contributed by atoms with Crippen LogP contribution in [-0.2, 0) is 10.0 Å². The number of nitrogen functional groups attached to an aromatic ring is 1. The fourth-order valence-corrected chi connectivity index (χ4v) is 3.52. The molecule has 0 bridgehead atoms. The van der Waals surface area contributed by atoms with Gasteiger partial charge in [0.1, 0.15) is 10.7 Å². The van der Waals surface area contributed by atoms with Crippen LogP contribution in [0.5, 0.6) is 0 Å². The highest BCUT2D eigenvalue weighted by Crippen LogP contribution is 2.29. The molecule has 0 aromatic heterocycles. The first-order valence-electron chi connectivity index (χ1n) is 6.05. The Morgan fingerprint density at radius 3 is 2.48 bits per heavy atom. The minimum Gasteiger partial charge on any atom is -0.398 e. The molecule has 0 atom stereocenters. The summed E-state index contributed by atoms with van der Waals surface area (Å²) in [5.41, 5.74) is 7.47. The van der Waals surface area contributed by atoms with E-state index in [4.69, 9.17) is 17.3 Å². The second-order valence-electron chi connectivity index (χ2n) is 4.70. The van der Waals surface area contributed by atoms with Gasteiger partial charge in [0.15, 0.2) is 0 Å². The van der Waals surface area contributed by atoms with E-state index in [2.05, 4.69) is 4.72 Å². The van der Waals surface area contributed by atoms with Crippen molar-refractivity contribution in [3.05, 3.63) is 52.3 Å². The van der Waals surface area contributed by atoms with Gasteiger partial charge in [0.25, 0.3) is 10.0 Å². The van der Waals surface area contributed by atoms with Crippen molar-refractivity contribution < 1.29 is 12.8 Å². The number of rotatable bonds is 3. The zero-order valence-corrected chi connectivity index (χ0v) is 13.0. The van der Waals surface area contributed by atoms with Gasteiger partial charge in [-0.05, 0) is 49.2 Å². The minimum atomic E-state index is -3.95. The Balaban J connectivity index is 2.48. The van der Waals surface area contributed by atoms with Crippen molar-refractivity contribution in [1.29, 1.82) is 0 Å². The van der Waals surface area contributed by atoms with Gasteiger partial charge in [-0.25, -0.2) is 12.8 Å². The summed E-state index contributed by atoms with van der Waals surface area (Å²) < 4.78 is 40.3. The summed E-state index contributed by atoms with van der Waals surface area (Å²) in [7, 11) is -3.95. The summed E-state index contributed by atoms with van der Waals surface area (Å²) in [6, 6.07) is 6.61. The van der Waals surface area contributed by atoms with E-state index in [1.165, 1.54) is 24.3 Å². The van der Waals surface area contributed by atoms with Crippen molar-refractivity contribution in [3.63, 3.8) is 0 Å². The molecule has 0 fully saturated rings. The van der Waals surface area contributed by atoms with Gasteiger partial charge < -0.3 is 5.73 Å². The van der Waals surface area contributed by atoms with Crippen molar-refractivity contribution in [2.75, 3.05) is 10.5 Å². The van der Waals surface area contributed by atoms with Crippen LogP contribution in [0.1, 0.15) is 11.1 Å². The first-order valence-corrected chi connectivity index (χ1v) is 7.91. The molecule has 4 nitrogen and oxygen atoms in total. The van der Waals surface area contributed by atoms with E-state index < -0.39 is 15.8 Å². The fraction of sp³-hybridized carbons (Fsp3) is 0.143. The topological polar surface area (TPSA) is 72.2 Å². The van der Waals surface area contributed by atoms with E-state index >= 15 is 0 Å². The maximum Gasteiger partial charge on any atom is 0.263 e. The van der Waals surface area contributed by atoms with Crippen LogP contribution < -0.4 is 10.5 Å². The summed E-state index contributed by atoms with van der Waals surface area (Å²) in [4.78, 5) is -0.143. The molecule has 0 saturated heterocycles. The van der Waals surface area contributed by atoms with Crippen molar-refractivity contribution >= 4 is 33.0 Å². The molecule has 2 aromatic rings. The van der Waals surface area contributed by atoms with E-state index in [0.29, 0.717) is 16.8 Å². The Morgan fingerprint density at radius 2 is 1.81 bits per heavy atom. The number of nitrogens with one attached hydrogen (secondary N) is 1. The lowest BCUT2D eigenvalue weighted by molar-refractivity contribution is 0.601. The zero-order chi connectivity index (χ0) is 15.8. The van der Waals surface area contributed by atoms with Gasteiger partial charge in [-0.15, -0.1) is 0 Å². The van der Waals surface area contributed by atoms with Crippen LogP contribution in [0.15, 0.2) is 35.2 Å². The molecule has 0 aliphatic carbocycles. The van der Waals surface area contributed by atoms with E-state index in [-0.39, 0.29) is 15.6 Å². The van der Waals surface area contributed by atoms with Gasteiger partial charge in [-0.1, -0.05) is 17.7 Å². The van der Waals surface area contributed by atoms with E-state index in [0.717, 1.165) is 6.07 Å². The zero-order valence-electron chi connectivity index (χ0n) is 11.4. The van der Waals surface area contributed by atoms with Crippen molar-refractivity contribution in [2.24, 2.45) is 0 Å². The standard InChI is InChI=1S/C14H14ClFN2O2S/c1-8-3-4-10(16)6-13(8)18-21(19,20)14-7-12(17)9(2)5-11(14)15/h3-7,18H,17H2,1-2H3. The fourth-order valence-electron chi connectivity index (χ4n) is 1.78. The number of nitrogens with two attached hydrogens (primary N) is 1. The molecule has 7 heteroatoms. The maximum atomic E-state index is 13.2. The van der Waals surface area contributed by atoms with Crippen LogP contribution in [0, 0.1) is 19.7 Å². The summed E-state index contributed by atoms with van der Waals surface area (Å²) in [5, 5.41) is 0.0586. The SMILES string of the molecule is Cc1cc(Cl)c(S(=O)(=O)Nc2cc(F)ccc2C)cc1N. The Bertz CT molecular complexity index is 807. The van der Waals surface area contributed by atoms with Crippen LogP contribution in [-0.4, -0.2) is 8.42 Å². The van der Waals surface area contributed by atoms with Crippen LogP contribution in [0.3, 0.4) is 0 Å². The molecular weight excluding hydrogens is 315 g/mol. The first-order chi connectivity index (χ1) is 9.70. The van der Waals surface area contributed by atoms with E-state index in [1.54, 1.807) is 13.8 Å². The number of hydrogen-bond acceptors (Lipinski definition) is 3. The third kappa shape index (κ3) is 3.28. The lowest BCUT2D eigenvalue weighted by Crippen LogP contribution is -2.15. The molecule has 0 spiro atoms. The Morgan fingerprint density at radius 1 is 1.14 bits per heavy atom. The number of aryl methyl sites for hydroxylation is 2. The Hall–Kier alpha value is -1.79. The van der Waals surface area contributed by atoms with Gasteiger partial charge in [0, 0.05) is 5.69 Å². The van der Waals surface area contributed by atoms with Crippen molar-refractivity contribution in [1.82, 2.24) is 0 Å². The number of anilines is 2. The second-order valence-corrected chi connectivity index (χ2v) is 6.76. The van der Waals surface area contributed by atoms with E-state index in [1.807, 2.05) is 0 Å². The third-order valence-corrected chi connectivity index (χ3v) is 4.88. The highest BCUT2D eigenvalue weighted by atomic mass is 35.5. The summed E-state index contributed by atoms with van der Waals surface area (Å²) in [5.74, 6) is -0.534. The molecule has 0 saturated carbocycles. The molecule has 0 aliphatic rings. The third-order valence-electron chi connectivity index (χ3n) is 3.05. The predicted octanol–water partition coefficient (Wildman–Crippen LogP) is 3.48. The first kappa shape index (κ1) is 15.6. The number of halogens is 2. The van der Waals surface area contributed by atoms with Gasteiger partial charge in [-0.2, -0.15) is 0 Å². The normalized spacial score (nSPS) is 11.4. The number of hydrogen-bond donors (Lipinski definition) is 2. The smallest absolute Gasteiger partial charge is 0.263 e. The summed E-state index contributed by atoms with van der Waals surface area (Å²) >= 11 is 5.97. The molecule has 3 N–H and O–H groups in total. The molecular formula is C14H14ClFN2O2S. The van der Waals surface area contributed by atoms with Crippen LogP contribution in [0.25, 0.3) is 0 Å². The van der Waals surface area contributed by atoms with Gasteiger partial charge >= 0.3 is 0 Å². The molecule has 0 amide bonds. The maximum absolute atomic E-state index is 13.2. The highest BCUT2D eigenvalue weighted by molar-refractivity contribution is 7.92. The molecule has 112 valence electrons. The average Bonchev–Trinajstić information content (AvgIpc) is 2.37. The van der Waals surface area contributed by atoms with Crippen molar-refractivity contribution in [3.8, 4) is 0 Å². The molecule has 21 heavy (non-hydrogen) atoms. The largest absolute Gasteiger partial charge is 0.398 e. The highest BCUT2D eigenvalue weighted by Gasteiger charge is 2.20. The number of sulfonamides is 1. The molecule has 2 aromatic carbocycles. The Labute approximate surface area is 127 Å². The minimum absolute atomic E-state index is 0.0586. The van der Waals surface area contributed by atoms with Crippen molar-refractivity contribution in [2.45, 2.75) is 18.7 Å². The summed E-state index contributed by atoms with van der Waals surface area (Å²) in [6.45, 7) is 3.39. The summed E-state index contributed by atoms with van der Waals surface area (Å²) in [6.07, 6.45) is 0. The van der Waals surface area contributed by atoms with Crippen LogP contribution >= 0.6 is 11.6 Å². The molecule has 0 heterocycles. The van der Waals surface area contributed by atoms with Crippen LogP contribution in [0.4, 0.5) is 15.8 Å². The van der Waals surface area contributed by atoms with E-state index in [9.17, 15) is 12.8 Å². The average molecular weight is 329 g/mol. The lowest BCUT2D eigenvalue weighted by Gasteiger charge is -2.13. The van der Waals surface area contributed by atoms with Gasteiger partial charge in [0.05, 0.1) is 10.7 Å². The van der Waals surface area contributed by atoms with Gasteiger partial charge in [0.2, 0.25) is 0 Å². The molecule has 2 rings (SSSR count). The quantitative estimate of drug-likeness (QED) is 0.847. The number of benzene rings is 2. The molecule has 0 radical (unpaired) electrons. The second kappa shape index (κ2) is 5.54. The predicted molar refractivity (Wildman–Crippen MR) is 82.5 cm³/mol. The monoisotopic (exact) mass is 328 g/mol. The Kier molecular flexibility index (Phi) is 4.11. The molecule has 0 aliphatic heterocycles.